The maximum atomic E-state index is 11.5. The van der Waals surface area contributed by atoms with Crippen LogP contribution in [-0.4, -0.2) is 23.0 Å². The van der Waals surface area contributed by atoms with Crippen molar-refractivity contribution in [3.8, 4) is 5.75 Å². The number of benzene rings is 1. The Bertz CT molecular complexity index is 442. The second-order valence-corrected chi connectivity index (χ2v) is 4.04. The van der Waals surface area contributed by atoms with Gasteiger partial charge in [0.05, 0.1) is 5.56 Å². The largest absolute Gasteiger partial charge is 0.479 e. The van der Waals surface area contributed by atoms with Crippen LogP contribution in [0.25, 0.3) is 0 Å². The fourth-order valence-corrected chi connectivity index (χ4v) is 1.79. The van der Waals surface area contributed by atoms with Crippen molar-refractivity contribution in [2.24, 2.45) is 0 Å². The number of carbonyl (C=O) groups is 2. The lowest BCUT2D eigenvalue weighted by molar-refractivity contribution is -0.145. The minimum Gasteiger partial charge on any atom is -0.479 e. The lowest BCUT2D eigenvalue weighted by Crippen LogP contribution is -2.26. The quantitative estimate of drug-likeness (QED) is 0.625. The lowest BCUT2D eigenvalue weighted by Gasteiger charge is -2.16. The summed E-state index contributed by atoms with van der Waals surface area (Å²) in [6.07, 6.45) is -0.632. The first-order valence-corrected chi connectivity index (χ1v) is 5.64. The highest BCUT2D eigenvalue weighted by Gasteiger charge is 2.20. The molecule has 1 rings (SSSR count). The molecule has 0 bridgehead atoms. The number of carboxylic acid groups (broad SMARTS) is 1. The molecule has 0 amide bonds. The third-order valence-electron chi connectivity index (χ3n) is 2.27. The zero-order chi connectivity index (χ0) is 13.0. The average Bonchev–Trinajstić information content (AvgIpc) is 2.24. The molecule has 0 saturated heterocycles. The molecule has 0 radical (unpaired) electrons. The van der Waals surface area contributed by atoms with Gasteiger partial charge < -0.3 is 9.84 Å². The normalized spacial score (nSPS) is 11.9. The van der Waals surface area contributed by atoms with Crippen LogP contribution >= 0.6 is 12.6 Å². The Morgan fingerprint density at radius 3 is 2.59 bits per heavy atom. The minimum absolute atomic E-state index is 0.203. The van der Waals surface area contributed by atoms with E-state index in [-0.39, 0.29) is 11.5 Å². The van der Waals surface area contributed by atoms with Gasteiger partial charge in [-0.05, 0) is 25.5 Å². The van der Waals surface area contributed by atoms with E-state index in [1.165, 1.54) is 6.92 Å². The van der Waals surface area contributed by atoms with Crippen molar-refractivity contribution in [2.75, 3.05) is 0 Å². The van der Waals surface area contributed by atoms with Crippen molar-refractivity contribution >= 4 is 24.4 Å². The number of carbonyl (C=O) groups excluding carboxylic acids is 1. The van der Waals surface area contributed by atoms with E-state index in [9.17, 15) is 9.59 Å². The summed E-state index contributed by atoms with van der Waals surface area (Å²) in [6.45, 7) is 3.10. The molecule has 0 spiro atoms. The lowest BCUT2D eigenvalue weighted by atomic mass is 10.1. The third kappa shape index (κ3) is 3.23. The Hall–Kier alpha value is -1.49. The first-order valence-electron chi connectivity index (χ1n) is 5.19. The van der Waals surface area contributed by atoms with Gasteiger partial charge in [-0.25, -0.2) is 4.79 Å². The summed E-state index contributed by atoms with van der Waals surface area (Å²) in [5, 5.41) is 8.90. The molecule has 1 aromatic rings. The number of aliphatic carboxylic acids is 1. The summed E-state index contributed by atoms with van der Waals surface area (Å²) in [5.74, 6) is -0.989. The smallest absolute Gasteiger partial charge is 0.344 e. The summed E-state index contributed by atoms with van der Waals surface area (Å²) in [4.78, 5) is 22.8. The molecule has 17 heavy (non-hydrogen) atoms. The van der Waals surface area contributed by atoms with Crippen LogP contribution in [-0.2, 0) is 4.79 Å². The van der Waals surface area contributed by atoms with E-state index in [1.807, 2.05) is 0 Å². The molecule has 5 heteroatoms. The number of hydrogen-bond donors (Lipinski definition) is 2. The fourth-order valence-electron chi connectivity index (χ4n) is 1.43. The molecular weight excluding hydrogens is 240 g/mol. The van der Waals surface area contributed by atoms with Crippen LogP contribution in [0.4, 0.5) is 0 Å². The maximum Gasteiger partial charge on any atom is 0.344 e. The van der Waals surface area contributed by atoms with Crippen LogP contribution in [0.15, 0.2) is 23.1 Å². The highest BCUT2D eigenvalue weighted by atomic mass is 32.1. The molecule has 1 atom stereocenters. The molecule has 0 aliphatic rings. The van der Waals surface area contributed by atoms with Crippen molar-refractivity contribution in [1.29, 1.82) is 0 Å². The molecule has 0 aliphatic heterocycles. The average molecular weight is 254 g/mol. The summed E-state index contributed by atoms with van der Waals surface area (Å²) in [6, 6.07) is 4.90. The Morgan fingerprint density at radius 2 is 2.12 bits per heavy atom. The highest BCUT2D eigenvalue weighted by molar-refractivity contribution is 7.80. The summed E-state index contributed by atoms with van der Waals surface area (Å²) >= 11 is 4.16. The van der Waals surface area contributed by atoms with Gasteiger partial charge in [0.25, 0.3) is 0 Å². The molecule has 1 aromatic carbocycles. The number of Topliss-reactive ketones (excluding diaryl/α,β-unsaturated/α-hetero) is 1. The van der Waals surface area contributed by atoms with E-state index >= 15 is 0 Å². The SMILES string of the molecule is CCC(Oc1cccc(S)c1C(C)=O)C(=O)O. The first-order chi connectivity index (χ1) is 7.97. The number of ether oxygens (including phenoxy) is 1. The number of thiol groups is 1. The van der Waals surface area contributed by atoms with Gasteiger partial charge >= 0.3 is 5.97 Å². The molecule has 0 saturated carbocycles. The maximum absolute atomic E-state index is 11.5. The van der Waals surface area contributed by atoms with Crippen LogP contribution in [0.5, 0.6) is 5.75 Å². The number of rotatable bonds is 5. The summed E-state index contributed by atoms with van der Waals surface area (Å²) < 4.78 is 5.33. The van der Waals surface area contributed by atoms with Crippen molar-refractivity contribution in [3.63, 3.8) is 0 Å². The second kappa shape index (κ2) is 5.72. The van der Waals surface area contributed by atoms with Crippen molar-refractivity contribution in [2.45, 2.75) is 31.3 Å². The van der Waals surface area contributed by atoms with Crippen molar-refractivity contribution < 1.29 is 19.4 Å². The molecule has 0 aromatic heterocycles. The molecule has 4 nitrogen and oxygen atoms in total. The third-order valence-corrected chi connectivity index (χ3v) is 2.64. The van der Waals surface area contributed by atoms with Crippen molar-refractivity contribution in [3.05, 3.63) is 23.8 Å². The Kier molecular flexibility index (Phi) is 4.57. The highest BCUT2D eigenvalue weighted by Crippen LogP contribution is 2.26. The number of carboxylic acids is 1. The van der Waals surface area contributed by atoms with Gasteiger partial charge in [-0.3, -0.25) is 4.79 Å². The van der Waals surface area contributed by atoms with E-state index < -0.39 is 12.1 Å². The van der Waals surface area contributed by atoms with Crippen LogP contribution < -0.4 is 4.74 Å². The van der Waals surface area contributed by atoms with Gasteiger partial charge in [0.2, 0.25) is 0 Å². The van der Waals surface area contributed by atoms with Crippen LogP contribution in [0.1, 0.15) is 30.6 Å². The van der Waals surface area contributed by atoms with Gasteiger partial charge in [0.1, 0.15) is 5.75 Å². The zero-order valence-electron chi connectivity index (χ0n) is 9.64. The van der Waals surface area contributed by atoms with Gasteiger partial charge in [-0.1, -0.05) is 13.0 Å². The Morgan fingerprint density at radius 1 is 1.47 bits per heavy atom. The molecule has 0 fully saturated rings. The van der Waals surface area contributed by atoms with E-state index in [4.69, 9.17) is 9.84 Å². The predicted molar refractivity (Wildman–Crippen MR) is 66.0 cm³/mol. The van der Waals surface area contributed by atoms with Gasteiger partial charge in [0.15, 0.2) is 11.9 Å². The summed E-state index contributed by atoms with van der Waals surface area (Å²) in [7, 11) is 0. The molecule has 1 N–H and O–H groups in total. The van der Waals surface area contributed by atoms with Gasteiger partial charge in [-0.15, -0.1) is 12.6 Å². The number of hydrogen-bond acceptors (Lipinski definition) is 4. The van der Waals surface area contributed by atoms with E-state index in [0.717, 1.165) is 0 Å². The zero-order valence-corrected chi connectivity index (χ0v) is 10.5. The monoisotopic (exact) mass is 254 g/mol. The predicted octanol–water partition coefficient (Wildman–Crippen LogP) is 2.42. The van der Waals surface area contributed by atoms with Gasteiger partial charge in [0, 0.05) is 4.90 Å². The molecular formula is C12H14O4S. The number of ketones is 1. The van der Waals surface area contributed by atoms with E-state index in [1.54, 1.807) is 25.1 Å². The molecule has 0 heterocycles. The van der Waals surface area contributed by atoms with E-state index in [2.05, 4.69) is 12.6 Å². The fraction of sp³-hybridized carbons (Fsp3) is 0.333. The van der Waals surface area contributed by atoms with Crippen LogP contribution in [0, 0.1) is 0 Å². The standard InChI is InChI=1S/C12H14O4S/c1-3-8(12(14)15)16-9-5-4-6-10(17)11(9)7(2)13/h4-6,8,17H,3H2,1-2H3,(H,14,15). The Balaban J connectivity index is 3.10. The summed E-state index contributed by atoms with van der Waals surface area (Å²) in [5.41, 5.74) is 0.315. The second-order valence-electron chi connectivity index (χ2n) is 3.56. The first kappa shape index (κ1) is 13.6. The Labute approximate surface area is 105 Å². The molecule has 0 aliphatic carbocycles. The van der Waals surface area contributed by atoms with E-state index in [0.29, 0.717) is 16.9 Å². The minimum atomic E-state index is -1.05. The van der Waals surface area contributed by atoms with Crippen LogP contribution in [0.3, 0.4) is 0 Å². The molecule has 92 valence electrons. The topological polar surface area (TPSA) is 63.6 Å². The van der Waals surface area contributed by atoms with Crippen molar-refractivity contribution in [1.82, 2.24) is 0 Å². The van der Waals surface area contributed by atoms with Gasteiger partial charge in [-0.2, -0.15) is 0 Å². The molecule has 1 unspecified atom stereocenters. The van der Waals surface area contributed by atoms with Crippen LogP contribution in [0.2, 0.25) is 0 Å².